The van der Waals surface area contributed by atoms with Crippen molar-refractivity contribution in [1.29, 1.82) is 0 Å². The molecule has 7 heteroatoms. The summed E-state index contributed by atoms with van der Waals surface area (Å²) < 4.78 is 0. The Hall–Kier alpha value is -0.680. The fourth-order valence-electron chi connectivity index (χ4n) is 3.41. The molecule has 1 aromatic rings. The summed E-state index contributed by atoms with van der Waals surface area (Å²) >= 11 is 6.12. The van der Waals surface area contributed by atoms with Crippen LogP contribution in [0.3, 0.4) is 0 Å². The van der Waals surface area contributed by atoms with Crippen LogP contribution in [0.1, 0.15) is 18.4 Å². The number of carbonyl (C=O) groups is 1. The van der Waals surface area contributed by atoms with Gasteiger partial charge in [-0.2, -0.15) is 0 Å². The van der Waals surface area contributed by atoms with E-state index in [-0.39, 0.29) is 30.7 Å². The van der Waals surface area contributed by atoms with Gasteiger partial charge in [0.15, 0.2) is 0 Å². The quantitative estimate of drug-likeness (QED) is 0.837. The predicted molar refractivity (Wildman–Crippen MR) is 105 cm³/mol. The molecule has 2 fully saturated rings. The van der Waals surface area contributed by atoms with Crippen molar-refractivity contribution < 1.29 is 4.79 Å². The van der Waals surface area contributed by atoms with Gasteiger partial charge >= 0.3 is 0 Å². The number of nitrogens with one attached hydrogen (secondary N) is 1. The SMILES string of the molecule is Cc1ccc(Cl)cc1N1CCN(C(=O)C2CCCNC2)CC1.Cl.Cl. The summed E-state index contributed by atoms with van der Waals surface area (Å²) in [5.41, 5.74) is 2.43. The van der Waals surface area contributed by atoms with Gasteiger partial charge in [-0.1, -0.05) is 17.7 Å². The molecule has 2 heterocycles. The number of halogens is 3. The van der Waals surface area contributed by atoms with Gasteiger partial charge in [-0.25, -0.2) is 0 Å². The highest BCUT2D eigenvalue weighted by molar-refractivity contribution is 6.30. The van der Waals surface area contributed by atoms with E-state index in [1.165, 1.54) is 11.3 Å². The first-order valence-corrected chi connectivity index (χ1v) is 8.53. The molecular weight excluding hydrogens is 369 g/mol. The minimum absolute atomic E-state index is 0. The molecule has 0 radical (unpaired) electrons. The number of hydrogen-bond acceptors (Lipinski definition) is 3. The summed E-state index contributed by atoms with van der Waals surface area (Å²) in [6, 6.07) is 6.01. The summed E-state index contributed by atoms with van der Waals surface area (Å²) in [5.74, 6) is 0.503. The van der Waals surface area contributed by atoms with E-state index in [0.29, 0.717) is 5.91 Å². The molecule has 4 nitrogen and oxygen atoms in total. The Balaban J connectivity index is 0.00000144. The average Bonchev–Trinajstić information content (AvgIpc) is 2.57. The molecule has 2 aliphatic heterocycles. The molecule has 0 aliphatic carbocycles. The van der Waals surface area contributed by atoms with Gasteiger partial charge in [-0.15, -0.1) is 24.8 Å². The van der Waals surface area contributed by atoms with Gasteiger partial charge < -0.3 is 15.1 Å². The molecule has 1 N–H and O–H groups in total. The van der Waals surface area contributed by atoms with Crippen molar-refractivity contribution in [3.8, 4) is 0 Å². The summed E-state index contributed by atoms with van der Waals surface area (Å²) in [5, 5.41) is 4.10. The third kappa shape index (κ3) is 4.92. The van der Waals surface area contributed by atoms with Gasteiger partial charge in [0, 0.05) is 43.4 Å². The zero-order chi connectivity index (χ0) is 15.5. The summed E-state index contributed by atoms with van der Waals surface area (Å²) in [7, 11) is 0. The molecule has 0 bridgehead atoms. The molecular formula is C17H26Cl3N3O. The Kier molecular flexibility index (Phi) is 8.65. The number of amides is 1. The first kappa shape index (κ1) is 21.4. The molecule has 1 atom stereocenters. The van der Waals surface area contributed by atoms with E-state index < -0.39 is 0 Å². The van der Waals surface area contributed by atoms with Crippen LogP contribution in [0.5, 0.6) is 0 Å². The van der Waals surface area contributed by atoms with E-state index in [9.17, 15) is 4.79 Å². The van der Waals surface area contributed by atoms with Crippen LogP contribution in [0.2, 0.25) is 5.02 Å². The first-order chi connectivity index (χ1) is 10.6. The maximum atomic E-state index is 12.6. The van der Waals surface area contributed by atoms with Gasteiger partial charge in [0.25, 0.3) is 0 Å². The maximum Gasteiger partial charge on any atom is 0.227 e. The van der Waals surface area contributed by atoms with Crippen LogP contribution < -0.4 is 10.2 Å². The molecule has 2 aliphatic rings. The number of piperazine rings is 1. The molecule has 0 spiro atoms. The minimum Gasteiger partial charge on any atom is -0.368 e. The standard InChI is InChI=1S/C17H24ClN3O.2ClH/c1-13-4-5-15(18)11-16(13)20-7-9-21(10-8-20)17(22)14-3-2-6-19-12-14;;/h4-5,11,14,19H,2-3,6-10,12H2,1H3;2*1H. The lowest BCUT2D eigenvalue weighted by molar-refractivity contribution is -0.136. The Labute approximate surface area is 161 Å². The second-order valence-corrected chi connectivity index (χ2v) is 6.72. The van der Waals surface area contributed by atoms with Crippen molar-refractivity contribution >= 4 is 48.0 Å². The van der Waals surface area contributed by atoms with Gasteiger partial charge in [-0.3, -0.25) is 4.79 Å². The highest BCUT2D eigenvalue weighted by atomic mass is 35.5. The lowest BCUT2D eigenvalue weighted by atomic mass is 9.98. The second kappa shape index (κ2) is 9.71. The number of nitrogens with zero attached hydrogens (tertiary/aromatic N) is 2. The fraction of sp³-hybridized carbons (Fsp3) is 0.588. The molecule has 1 amide bonds. The zero-order valence-electron chi connectivity index (χ0n) is 14.0. The molecule has 136 valence electrons. The molecule has 3 rings (SSSR count). The number of rotatable bonds is 2. The largest absolute Gasteiger partial charge is 0.368 e. The average molecular weight is 395 g/mol. The Morgan fingerprint density at radius 3 is 2.54 bits per heavy atom. The van der Waals surface area contributed by atoms with E-state index in [2.05, 4.69) is 23.2 Å². The fourth-order valence-corrected chi connectivity index (χ4v) is 3.58. The first-order valence-electron chi connectivity index (χ1n) is 8.16. The normalized spacial score (nSPS) is 20.8. The molecule has 24 heavy (non-hydrogen) atoms. The minimum atomic E-state index is 0. The van der Waals surface area contributed by atoms with Gasteiger partial charge in [0.2, 0.25) is 5.91 Å². The van der Waals surface area contributed by atoms with E-state index in [1.54, 1.807) is 0 Å². The third-order valence-corrected chi connectivity index (χ3v) is 4.98. The van der Waals surface area contributed by atoms with Crippen LogP contribution in [-0.2, 0) is 4.79 Å². The Morgan fingerprint density at radius 1 is 1.21 bits per heavy atom. The number of anilines is 1. The van der Waals surface area contributed by atoms with Crippen molar-refractivity contribution in [1.82, 2.24) is 10.2 Å². The monoisotopic (exact) mass is 393 g/mol. The summed E-state index contributed by atoms with van der Waals surface area (Å²) in [6.07, 6.45) is 2.14. The van der Waals surface area contributed by atoms with Gasteiger partial charge in [0.05, 0.1) is 5.92 Å². The number of benzene rings is 1. The lowest BCUT2D eigenvalue weighted by Crippen LogP contribution is -2.52. The Morgan fingerprint density at radius 2 is 1.92 bits per heavy atom. The van der Waals surface area contributed by atoms with Crippen LogP contribution in [0.15, 0.2) is 18.2 Å². The molecule has 2 saturated heterocycles. The lowest BCUT2D eigenvalue weighted by Gasteiger charge is -2.38. The number of carbonyl (C=O) groups excluding carboxylic acids is 1. The van der Waals surface area contributed by atoms with Crippen LogP contribution in [-0.4, -0.2) is 50.1 Å². The van der Waals surface area contributed by atoms with Crippen LogP contribution >= 0.6 is 36.4 Å². The maximum absolute atomic E-state index is 12.6. The van der Waals surface area contributed by atoms with Crippen molar-refractivity contribution in [2.75, 3.05) is 44.2 Å². The molecule has 0 saturated carbocycles. The smallest absolute Gasteiger partial charge is 0.227 e. The van der Waals surface area contributed by atoms with Crippen molar-refractivity contribution in [2.24, 2.45) is 5.92 Å². The Bertz CT molecular complexity index is 542. The van der Waals surface area contributed by atoms with Crippen molar-refractivity contribution in [2.45, 2.75) is 19.8 Å². The van der Waals surface area contributed by atoms with E-state index in [4.69, 9.17) is 11.6 Å². The van der Waals surface area contributed by atoms with Crippen LogP contribution in [0.25, 0.3) is 0 Å². The van der Waals surface area contributed by atoms with Crippen LogP contribution in [0.4, 0.5) is 5.69 Å². The zero-order valence-corrected chi connectivity index (χ0v) is 16.4. The molecule has 1 aromatic carbocycles. The summed E-state index contributed by atoms with van der Waals surface area (Å²) in [6.45, 7) is 7.37. The highest BCUT2D eigenvalue weighted by Crippen LogP contribution is 2.25. The topological polar surface area (TPSA) is 35.6 Å². The number of aryl methyl sites for hydroxylation is 1. The number of hydrogen-bond donors (Lipinski definition) is 1. The van der Waals surface area contributed by atoms with E-state index >= 15 is 0 Å². The van der Waals surface area contributed by atoms with E-state index in [0.717, 1.165) is 57.1 Å². The van der Waals surface area contributed by atoms with Crippen molar-refractivity contribution in [3.63, 3.8) is 0 Å². The van der Waals surface area contributed by atoms with Gasteiger partial charge in [0.1, 0.15) is 0 Å². The van der Waals surface area contributed by atoms with E-state index in [1.807, 2.05) is 17.0 Å². The number of piperidine rings is 1. The van der Waals surface area contributed by atoms with Gasteiger partial charge in [-0.05, 0) is 44.0 Å². The second-order valence-electron chi connectivity index (χ2n) is 6.29. The highest BCUT2D eigenvalue weighted by Gasteiger charge is 2.28. The van der Waals surface area contributed by atoms with Crippen molar-refractivity contribution in [3.05, 3.63) is 28.8 Å². The van der Waals surface area contributed by atoms with Crippen LogP contribution in [0, 0.1) is 12.8 Å². The summed E-state index contributed by atoms with van der Waals surface area (Å²) in [4.78, 5) is 16.9. The molecule has 1 unspecified atom stereocenters. The predicted octanol–water partition coefficient (Wildman–Crippen LogP) is 3.14. The molecule has 0 aromatic heterocycles. The third-order valence-electron chi connectivity index (χ3n) is 4.75.